The number of hydrogen-bond acceptors (Lipinski definition) is 4. The molecule has 1 aromatic carbocycles. The van der Waals surface area contributed by atoms with Crippen LogP contribution >= 0.6 is 11.6 Å². The van der Waals surface area contributed by atoms with Crippen LogP contribution in [0.2, 0.25) is 5.02 Å². The second-order valence-electron chi connectivity index (χ2n) is 6.87. The Morgan fingerprint density at radius 2 is 1.87 bits per heavy atom. The van der Waals surface area contributed by atoms with Crippen LogP contribution in [-0.4, -0.2) is 18.1 Å². The van der Waals surface area contributed by atoms with Gasteiger partial charge in [0.2, 0.25) is 0 Å². The van der Waals surface area contributed by atoms with Gasteiger partial charge in [0, 0.05) is 18.0 Å². The number of ether oxygens (including phenoxy) is 1. The minimum absolute atomic E-state index is 0.113. The van der Waals surface area contributed by atoms with Gasteiger partial charge in [-0.3, -0.25) is 4.79 Å². The van der Waals surface area contributed by atoms with E-state index in [4.69, 9.17) is 22.1 Å². The van der Waals surface area contributed by atoms with Gasteiger partial charge >= 0.3 is 5.97 Å². The lowest BCUT2D eigenvalue weighted by Crippen LogP contribution is -2.23. The molecule has 0 fully saturated rings. The van der Waals surface area contributed by atoms with Gasteiger partial charge in [0.1, 0.15) is 5.60 Å². The molecule has 5 heteroatoms. The highest BCUT2D eigenvalue weighted by atomic mass is 35.5. The molecule has 23 heavy (non-hydrogen) atoms. The van der Waals surface area contributed by atoms with Crippen molar-refractivity contribution in [1.82, 2.24) is 0 Å². The number of anilines is 2. The van der Waals surface area contributed by atoms with E-state index >= 15 is 0 Å². The number of esters is 1. The first-order valence-electron chi connectivity index (χ1n) is 8.20. The summed E-state index contributed by atoms with van der Waals surface area (Å²) in [5.74, 6) is -0.113. The fraction of sp³-hybridized carbons (Fsp3) is 0.611. The minimum atomic E-state index is -0.393. The Kier molecular flexibility index (Phi) is 7.69. The van der Waals surface area contributed by atoms with Crippen LogP contribution in [-0.2, 0) is 9.53 Å². The van der Waals surface area contributed by atoms with E-state index < -0.39 is 5.60 Å². The monoisotopic (exact) mass is 340 g/mol. The molecule has 0 saturated heterocycles. The van der Waals surface area contributed by atoms with Crippen molar-refractivity contribution in [3.8, 4) is 0 Å². The molecule has 0 radical (unpaired) electrons. The van der Waals surface area contributed by atoms with Gasteiger partial charge in [-0.1, -0.05) is 24.4 Å². The fourth-order valence-corrected chi connectivity index (χ4v) is 2.38. The average Bonchev–Trinajstić information content (AvgIpc) is 2.41. The normalized spacial score (nSPS) is 11.3. The number of carbonyl (C=O) groups is 1. The van der Waals surface area contributed by atoms with Crippen molar-refractivity contribution < 1.29 is 9.53 Å². The lowest BCUT2D eigenvalue weighted by atomic mass is 10.1. The molecule has 0 saturated carbocycles. The van der Waals surface area contributed by atoms with E-state index in [0.717, 1.165) is 54.2 Å². The molecule has 3 N–H and O–H groups in total. The summed E-state index contributed by atoms with van der Waals surface area (Å²) in [5, 5.41) is 4.03. The van der Waals surface area contributed by atoms with Gasteiger partial charge < -0.3 is 15.8 Å². The highest BCUT2D eigenvalue weighted by Gasteiger charge is 2.15. The maximum Gasteiger partial charge on any atom is 0.306 e. The summed E-state index contributed by atoms with van der Waals surface area (Å²) in [6, 6.07) is 3.75. The van der Waals surface area contributed by atoms with E-state index in [0.29, 0.717) is 6.42 Å². The molecule has 1 rings (SSSR count). The van der Waals surface area contributed by atoms with Crippen LogP contribution < -0.4 is 11.1 Å². The average molecular weight is 341 g/mol. The van der Waals surface area contributed by atoms with Crippen molar-refractivity contribution in [2.45, 2.75) is 65.4 Å². The number of benzene rings is 1. The first kappa shape index (κ1) is 19.6. The van der Waals surface area contributed by atoms with Crippen molar-refractivity contribution in [2.24, 2.45) is 0 Å². The van der Waals surface area contributed by atoms with Crippen LogP contribution in [0.1, 0.15) is 58.4 Å². The smallest absolute Gasteiger partial charge is 0.306 e. The van der Waals surface area contributed by atoms with Gasteiger partial charge in [0.05, 0.1) is 11.4 Å². The molecule has 0 atom stereocenters. The number of halogens is 1. The molecule has 0 heterocycles. The van der Waals surface area contributed by atoms with Crippen molar-refractivity contribution in [1.29, 1.82) is 0 Å². The molecule has 1 aromatic rings. The van der Waals surface area contributed by atoms with E-state index in [1.807, 2.05) is 39.8 Å². The van der Waals surface area contributed by atoms with Crippen molar-refractivity contribution in [3.05, 3.63) is 22.7 Å². The summed E-state index contributed by atoms with van der Waals surface area (Å²) in [6.45, 7) is 8.45. The molecule has 0 spiro atoms. The number of hydrogen-bond donors (Lipinski definition) is 2. The molecule has 0 bridgehead atoms. The summed E-state index contributed by atoms with van der Waals surface area (Å²) in [4.78, 5) is 11.6. The molecule has 130 valence electrons. The molecule has 0 aromatic heterocycles. The van der Waals surface area contributed by atoms with E-state index in [9.17, 15) is 4.79 Å². The number of unbranched alkanes of at least 4 members (excludes halogenated alkanes) is 3. The molecule has 0 aliphatic heterocycles. The van der Waals surface area contributed by atoms with Crippen LogP contribution in [0.15, 0.2) is 12.1 Å². The predicted molar refractivity (Wildman–Crippen MR) is 98.0 cm³/mol. The minimum Gasteiger partial charge on any atom is -0.460 e. The van der Waals surface area contributed by atoms with Gasteiger partial charge in [0.25, 0.3) is 0 Å². The highest BCUT2D eigenvalue weighted by molar-refractivity contribution is 6.31. The molecular formula is C18H29ClN2O2. The summed E-state index contributed by atoms with van der Waals surface area (Å²) in [7, 11) is 0. The lowest BCUT2D eigenvalue weighted by Gasteiger charge is -2.19. The summed E-state index contributed by atoms with van der Waals surface area (Å²) >= 11 is 6.10. The number of aryl methyl sites for hydroxylation is 1. The third kappa shape index (κ3) is 8.12. The zero-order valence-corrected chi connectivity index (χ0v) is 15.4. The zero-order valence-electron chi connectivity index (χ0n) is 14.7. The maximum atomic E-state index is 11.6. The van der Waals surface area contributed by atoms with Crippen LogP contribution in [0.25, 0.3) is 0 Å². The van der Waals surface area contributed by atoms with E-state index in [1.54, 1.807) is 0 Å². The van der Waals surface area contributed by atoms with Crippen LogP contribution in [0.4, 0.5) is 11.4 Å². The van der Waals surface area contributed by atoms with Gasteiger partial charge in [-0.15, -0.1) is 0 Å². The Morgan fingerprint density at radius 1 is 1.22 bits per heavy atom. The third-order valence-electron chi connectivity index (χ3n) is 3.37. The second kappa shape index (κ2) is 9.02. The largest absolute Gasteiger partial charge is 0.460 e. The number of carbonyl (C=O) groups excluding carboxylic acids is 1. The predicted octanol–water partition coefficient (Wildman–Crippen LogP) is 4.93. The molecule has 0 unspecified atom stereocenters. The van der Waals surface area contributed by atoms with Gasteiger partial charge in [0.15, 0.2) is 0 Å². The Hall–Kier alpha value is -1.42. The Balaban J connectivity index is 2.15. The van der Waals surface area contributed by atoms with Crippen molar-refractivity contribution >= 4 is 28.9 Å². The van der Waals surface area contributed by atoms with Crippen molar-refractivity contribution in [3.63, 3.8) is 0 Å². The highest BCUT2D eigenvalue weighted by Crippen LogP contribution is 2.26. The summed E-state index contributed by atoms with van der Waals surface area (Å²) < 4.78 is 5.28. The number of nitrogens with one attached hydrogen (secondary N) is 1. The van der Waals surface area contributed by atoms with Crippen LogP contribution in [0.5, 0.6) is 0 Å². The van der Waals surface area contributed by atoms with Gasteiger partial charge in [-0.25, -0.2) is 0 Å². The van der Waals surface area contributed by atoms with E-state index in [1.165, 1.54) is 0 Å². The van der Waals surface area contributed by atoms with Crippen LogP contribution in [0.3, 0.4) is 0 Å². The summed E-state index contributed by atoms with van der Waals surface area (Å²) in [6.07, 6.45) is 4.47. The van der Waals surface area contributed by atoms with Gasteiger partial charge in [-0.2, -0.15) is 0 Å². The fourth-order valence-electron chi connectivity index (χ4n) is 2.22. The topological polar surface area (TPSA) is 64.3 Å². The lowest BCUT2D eigenvalue weighted by molar-refractivity contribution is -0.154. The van der Waals surface area contributed by atoms with Crippen molar-refractivity contribution in [2.75, 3.05) is 17.6 Å². The maximum absolute atomic E-state index is 11.6. The molecule has 0 aliphatic rings. The first-order valence-corrected chi connectivity index (χ1v) is 8.58. The molecule has 0 amide bonds. The number of nitrogen functional groups attached to an aromatic ring is 1. The zero-order chi connectivity index (χ0) is 17.5. The quantitative estimate of drug-likeness (QED) is 0.400. The number of rotatable bonds is 8. The van der Waals surface area contributed by atoms with E-state index in [-0.39, 0.29) is 5.97 Å². The first-order chi connectivity index (χ1) is 10.7. The SMILES string of the molecule is Cc1cc(N)c(NCCCCCCC(=O)OC(C)(C)C)cc1Cl. The molecule has 0 aliphatic carbocycles. The summed E-state index contributed by atoms with van der Waals surface area (Å²) in [5.41, 5.74) is 8.16. The Labute approximate surface area is 144 Å². The molecule has 4 nitrogen and oxygen atoms in total. The molecular weight excluding hydrogens is 312 g/mol. The third-order valence-corrected chi connectivity index (χ3v) is 3.78. The Bertz CT molecular complexity index is 524. The standard InChI is InChI=1S/C18H29ClN2O2/c1-13-11-15(20)16(12-14(13)19)21-10-8-6-5-7-9-17(22)23-18(2,3)4/h11-12,21H,5-10,20H2,1-4H3. The van der Waals surface area contributed by atoms with Crippen LogP contribution in [0, 0.1) is 6.92 Å². The number of nitrogens with two attached hydrogens (primary N) is 1. The van der Waals surface area contributed by atoms with E-state index in [2.05, 4.69) is 5.32 Å². The Morgan fingerprint density at radius 3 is 2.52 bits per heavy atom. The second-order valence-corrected chi connectivity index (χ2v) is 7.27. The van der Waals surface area contributed by atoms with Gasteiger partial charge in [-0.05, 0) is 58.2 Å².